The monoisotopic (exact) mass is 261 g/mol. The van der Waals surface area contributed by atoms with Gasteiger partial charge in [-0.05, 0) is 41.8 Å². The Balaban J connectivity index is 2.10. The van der Waals surface area contributed by atoms with Crippen molar-refractivity contribution in [2.24, 2.45) is 0 Å². The second-order valence-electron chi connectivity index (χ2n) is 3.88. The van der Waals surface area contributed by atoms with Crippen LogP contribution in [0.5, 0.6) is 0 Å². The summed E-state index contributed by atoms with van der Waals surface area (Å²) in [6, 6.07) is 9.68. The Morgan fingerprint density at radius 2 is 2.06 bits per heavy atom. The summed E-state index contributed by atoms with van der Waals surface area (Å²) in [5.41, 5.74) is 0.877. The first-order valence-corrected chi connectivity index (χ1v) is 6.07. The van der Waals surface area contributed by atoms with Crippen molar-refractivity contribution in [3.63, 3.8) is 0 Å². The largest absolute Gasteiger partial charge is 0.477 e. The van der Waals surface area contributed by atoms with Gasteiger partial charge in [0.05, 0.1) is 10.6 Å². The lowest BCUT2D eigenvalue weighted by Gasteiger charge is -1.90. The standard InChI is InChI=1S/C13H8FNO2S/c14-8-1-4-11-7(5-8)6-12(18-11)9-2-3-10(15-9)13(16)17/h1-6,15H,(H,16,17). The molecule has 5 heteroatoms. The third kappa shape index (κ3) is 1.78. The molecule has 90 valence electrons. The minimum Gasteiger partial charge on any atom is -0.477 e. The highest BCUT2D eigenvalue weighted by molar-refractivity contribution is 7.22. The number of thiophene rings is 1. The van der Waals surface area contributed by atoms with Crippen LogP contribution in [0.15, 0.2) is 36.4 Å². The fraction of sp³-hybridized carbons (Fsp3) is 0. The van der Waals surface area contributed by atoms with E-state index in [2.05, 4.69) is 4.98 Å². The number of aromatic amines is 1. The van der Waals surface area contributed by atoms with Gasteiger partial charge in [0, 0.05) is 4.70 Å². The molecule has 0 fully saturated rings. The third-order valence-electron chi connectivity index (χ3n) is 2.66. The van der Waals surface area contributed by atoms with Gasteiger partial charge < -0.3 is 10.1 Å². The number of benzene rings is 1. The van der Waals surface area contributed by atoms with E-state index in [9.17, 15) is 9.18 Å². The predicted octanol–water partition coefficient (Wildman–Crippen LogP) is 3.73. The van der Waals surface area contributed by atoms with E-state index in [0.29, 0.717) is 0 Å². The number of carbonyl (C=O) groups is 1. The molecule has 0 atom stereocenters. The van der Waals surface area contributed by atoms with Gasteiger partial charge in [0.2, 0.25) is 0 Å². The average molecular weight is 261 g/mol. The van der Waals surface area contributed by atoms with E-state index in [4.69, 9.17) is 5.11 Å². The van der Waals surface area contributed by atoms with Crippen molar-refractivity contribution < 1.29 is 14.3 Å². The number of carboxylic acid groups (broad SMARTS) is 1. The number of aromatic nitrogens is 1. The zero-order valence-electron chi connectivity index (χ0n) is 9.11. The lowest BCUT2D eigenvalue weighted by atomic mass is 10.2. The van der Waals surface area contributed by atoms with E-state index in [1.54, 1.807) is 12.1 Å². The molecule has 0 aliphatic heterocycles. The Bertz CT molecular complexity index is 744. The van der Waals surface area contributed by atoms with Gasteiger partial charge in [-0.25, -0.2) is 9.18 Å². The first kappa shape index (κ1) is 11.0. The van der Waals surface area contributed by atoms with Crippen LogP contribution in [0, 0.1) is 5.82 Å². The predicted molar refractivity (Wildman–Crippen MR) is 68.5 cm³/mol. The number of hydrogen-bond acceptors (Lipinski definition) is 2. The average Bonchev–Trinajstić information content (AvgIpc) is 2.93. The first-order chi connectivity index (χ1) is 8.63. The van der Waals surface area contributed by atoms with Crippen molar-refractivity contribution in [3.05, 3.63) is 47.9 Å². The van der Waals surface area contributed by atoms with Crippen molar-refractivity contribution >= 4 is 27.4 Å². The molecule has 3 nitrogen and oxygen atoms in total. The fourth-order valence-corrected chi connectivity index (χ4v) is 2.83. The van der Waals surface area contributed by atoms with Crippen LogP contribution in [-0.2, 0) is 0 Å². The number of H-pyrrole nitrogens is 1. The molecule has 0 amide bonds. The van der Waals surface area contributed by atoms with Crippen LogP contribution in [0.25, 0.3) is 20.7 Å². The molecular formula is C13H8FNO2S. The Morgan fingerprint density at radius 3 is 2.78 bits per heavy atom. The third-order valence-corrected chi connectivity index (χ3v) is 3.81. The molecule has 0 aliphatic rings. The molecule has 18 heavy (non-hydrogen) atoms. The van der Waals surface area contributed by atoms with Crippen LogP contribution in [0.1, 0.15) is 10.5 Å². The van der Waals surface area contributed by atoms with Crippen LogP contribution < -0.4 is 0 Å². The van der Waals surface area contributed by atoms with Crippen molar-refractivity contribution in [1.82, 2.24) is 4.98 Å². The molecule has 0 aliphatic carbocycles. The van der Waals surface area contributed by atoms with Crippen LogP contribution in [-0.4, -0.2) is 16.1 Å². The Morgan fingerprint density at radius 1 is 1.22 bits per heavy atom. The Hall–Kier alpha value is -2.14. The maximum Gasteiger partial charge on any atom is 0.352 e. The van der Waals surface area contributed by atoms with Gasteiger partial charge in [-0.3, -0.25) is 0 Å². The van der Waals surface area contributed by atoms with Gasteiger partial charge in [-0.2, -0.15) is 0 Å². The van der Waals surface area contributed by atoms with Crippen LogP contribution in [0.4, 0.5) is 4.39 Å². The zero-order chi connectivity index (χ0) is 12.7. The van der Waals surface area contributed by atoms with Gasteiger partial charge in [0.25, 0.3) is 0 Å². The van der Waals surface area contributed by atoms with Crippen molar-refractivity contribution in [2.45, 2.75) is 0 Å². The molecule has 0 radical (unpaired) electrons. The molecule has 0 spiro atoms. The highest BCUT2D eigenvalue weighted by Crippen LogP contribution is 2.33. The lowest BCUT2D eigenvalue weighted by Crippen LogP contribution is -1.95. The molecule has 0 bridgehead atoms. The lowest BCUT2D eigenvalue weighted by molar-refractivity contribution is 0.0691. The molecule has 0 saturated heterocycles. The normalized spacial score (nSPS) is 10.9. The maximum absolute atomic E-state index is 13.1. The van der Waals surface area contributed by atoms with E-state index < -0.39 is 5.97 Å². The molecular weight excluding hydrogens is 253 g/mol. The molecule has 2 aromatic heterocycles. The summed E-state index contributed by atoms with van der Waals surface area (Å²) in [6.07, 6.45) is 0. The number of rotatable bonds is 2. The van der Waals surface area contributed by atoms with E-state index in [1.807, 2.05) is 6.07 Å². The van der Waals surface area contributed by atoms with E-state index in [-0.39, 0.29) is 11.5 Å². The quantitative estimate of drug-likeness (QED) is 0.738. The zero-order valence-corrected chi connectivity index (χ0v) is 9.92. The second kappa shape index (κ2) is 3.96. The van der Waals surface area contributed by atoms with Crippen LogP contribution in [0.3, 0.4) is 0 Å². The summed E-state index contributed by atoms with van der Waals surface area (Å²) in [7, 11) is 0. The van der Waals surface area contributed by atoms with Gasteiger partial charge in [-0.15, -0.1) is 11.3 Å². The smallest absolute Gasteiger partial charge is 0.352 e. The fourth-order valence-electron chi connectivity index (χ4n) is 1.81. The van der Waals surface area contributed by atoms with E-state index >= 15 is 0 Å². The summed E-state index contributed by atoms with van der Waals surface area (Å²) < 4.78 is 14.0. The number of aromatic carboxylic acids is 1. The first-order valence-electron chi connectivity index (χ1n) is 5.25. The van der Waals surface area contributed by atoms with E-state index in [1.165, 1.54) is 29.5 Å². The Kier molecular flexibility index (Phi) is 2.41. The topological polar surface area (TPSA) is 53.1 Å². The summed E-state index contributed by atoms with van der Waals surface area (Å²) in [6.45, 7) is 0. The minimum atomic E-state index is -0.992. The minimum absolute atomic E-state index is 0.147. The summed E-state index contributed by atoms with van der Waals surface area (Å²) in [5, 5.41) is 9.66. The summed E-state index contributed by atoms with van der Waals surface area (Å²) in [5.74, 6) is -1.27. The van der Waals surface area contributed by atoms with Gasteiger partial charge >= 0.3 is 5.97 Å². The molecule has 1 aromatic carbocycles. The number of carboxylic acids is 1. The Labute approximate surface area is 106 Å². The SMILES string of the molecule is O=C(O)c1ccc(-c2cc3cc(F)ccc3s2)[nH]1. The molecule has 3 rings (SSSR count). The summed E-state index contributed by atoms with van der Waals surface area (Å²) >= 11 is 1.49. The van der Waals surface area contributed by atoms with E-state index in [0.717, 1.165) is 20.7 Å². The van der Waals surface area contributed by atoms with Gasteiger partial charge in [0.1, 0.15) is 11.5 Å². The number of hydrogen-bond donors (Lipinski definition) is 2. The highest BCUT2D eigenvalue weighted by Gasteiger charge is 2.10. The molecule has 0 unspecified atom stereocenters. The van der Waals surface area contributed by atoms with Gasteiger partial charge in [0.15, 0.2) is 0 Å². The molecule has 0 saturated carbocycles. The number of nitrogens with one attached hydrogen (secondary N) is 1. The molecule has 3 aromatic rings. The number of halogens is 1. The summed E-state index contributed by atoms with van der Waals surface area (Å²) in [4.78, 5) is 14.5. The second-order valence-corrected chi connectivity index (χ2v) is 4.97. The highest BCUT2D eigenvalue weighted by atomic mass is 32.1. The van der Waals surface area contributed by atoms with Crippen molar-refractivity contribution in [1.29, 1.82) is 0 Å². The van der Waals surface area contributed by atoms with Crippen molar-refractivity contribution in [3.8, 4) is 10.6 Å². The number of fused-ring (bicyclic) bond motifs is 1. The van der Waals surface area contributed by atoms with Crippen LogP contribution >= 0.6 is 11.3 Å². The molecule has 2 heterocycles. The maximum atomic E-state index is 13.1. The van der Waals surface area contributed by atoms with Crippen molar-refractivity contribution in [2.75, 3.05) is 0 Å². The van der Waals surface area contributed by atoms with Gasteiger partial charge in [-0.1, -0.05) is 0 Å². The van der Waals surface area contributed by atoms with Crippen LogP contribution in [0.2, 0.25) is 0 Å². The molecule has 2 N–H and O–H groups in total.